The summed E-state index contributed by atoms with van der Waals surface area (Å²) >= 11 is 0. The fraction of sp³-hybridized carbons (Fsp3) is 0.458. The molecule has 0 bridgehead atoms. The van der Waals surface area contributed by atoms with E-state index in [4.69, 9.17) is 9.47 Å². The Hall–Kier alpha value is -5.30. The predicted molar refractivity (Wildman–Crippen MR) is 229 cm³/mol. The van der Waals surface area contributed by atoms with E-state index < -0.39 is 29.5 Å². The van der Waals surface area contributed by atoms with Gasteiger partial charge in [0, 0.05) is 31.0 Å². The number of pyridine rings is 2. The number of benzene rings is 2. The minimum atomic E-state index is -1.26. The van der Waals surface area contributed by atoms with Crippen LogP contribution < -0.4 is 10.6 Å². The molecule has 2 atom stereocenters. The highest BCUT2D eigenvalue weighted by molar-refractivity contribution is 6.04. The van der Waals surface area contributed by atoms with Crippen LogP contribution in [0.2, 0.25) is 0 Å². The number of aliphatic hydroxyl groups is 2. The number of carbonyl (C=O) groups is 4. The molecule has 60 heavy (non-hydrogen) atoms. The number of esters is 2. The number of rotatable bonds is 20. The van der Waals surface area contributed by atoms with Crippen LogP contribution in [0.4, 0.5) is 5.69 Å². The summed E-state index contributed by atoms with van der Waals surface area (Å²) in [7, 11) is 0. The number of aryl methyl sites for hydroxylation is 1. The standard InChI is InChI=1S/C48H58N4O8/c1-7-59-45(57)47(5,27-53)20-19-34-24-50-42(23-38(34)31-15-16-31)44(56)52-40-14-10-13-37(30(40)4)36-12-9-11-33(29(36)3)21-43(55)41-22-39(32-17-18-32)35(25-49-41)26-51-48(6,28-54)46(58)60-8-2/h9-14,22-25,31-32,51,53-54H,7-8,15-21,26-28H2,1-6H3,(H,52,56)/t47-,48+/m0/s1. The number of Topliss-reactive ketones (excluding diaryl/α,β-unsaturated/α-hetero) is 1. The van der Waals surface area contributed by atoms with Gasteiger partial charge in [0.05, 0.1) is 31.8 Å². The molecule has 12 heteroatoms. The Labute approximate surface area is 352 Å². The van der Waals surface area contributed by atoms with Crippen molar-refractivity contribution in [3.63, 3.8) is 0 Å². The highest BCUT2D eigenvalue weighted by Crippen LogP contribution is 2.43. The molecule has 4 N–H and O–H groups in total. The summed E-state index contributed by atoms with van der Waals surface area (Å²) in [5.74, 6) is -0.739. The van der Waals surface area contributed by atoms with Crippen LogP contribution in [-0.2, 0) is 38.4 Å². The summed E-state index contributed by atoms with van der Waals surface area (Å²) in [4.78, 5) is 61.7. The van der Waals surface area contributed by atoms with E-state index in [1.807, 2.05) is 62.4 Å². The number of aromatic nitrogens is 2. The Kier molecular flexibility index (Phi) is 14.0. The van der Waals surface area contributed by atoms with Crippen LogP contribution >= 0.6 is 0 Å². The van der Waals surface area contributed by atoms with E-state index in [-0.39, 0.29) is 37.9 Å². The first kappa shape index (κ1) is 44.3. The van der Waals surface area contributed by atoms with E-state index in [9.17, 15) is 29.4 Å². The molecule has 0 saturated heterocycles. The van der Waals surface area contributed by atoms with Gasteiger partial charge in [-0.15, -0.1) is 0 Å². The maximum atomic E-state index is 13.8. The predicted octanol–water partition coefficient (Wildman–Crippen LogP) is 7.09. The number of ether oxygens (including phenoxy) is 2. The van der Waals surface area contributed by atoms with Gasteiger partial charge in [-0.25, -0.2) is 4.79 Å². The first-order chi connectivity index (χ1) is 28.7. The maximum absolute atomic E-state index is 13.8. The fourth-order valence-electron chi connectivity index (χ4n) is 7.59. The minimum absolute atomic E-state index is 0.105. The van der Waals surface area contributed by atoms with E-state index in [2.05, 4.69) is 20.6 Å². The van der Waals surface area contributed by atoms with Crippen molar-refractivity contribution in [2.75, 3.05) is 31.7 Å². The molecule has 0 aliphatic heterocycles. The van der Waals surface area contributed by atoms with Gasteiger partial charge in [0.2, 0.25) is 0 Å². The Morgan fingerprint density at radius 2 is 1.33 bits per heavy atom. The van der Waals surface area contributed by atoms with Crippen molar-refractivity contribution in [1.29, 1.82) is 0 Å². The number of aliphatic hydroxyl groups excluding tert-OH is 2. The molecule has 4 aromatic rings. The Morgan fingerprint density at radius 1 is 0.750 bits per heavy atom. The van der Waals surface area contributed by atoms with Gasteiger partial charge in [-0.05, 0) is 160 Å². The van der Waals surface area contributed by atoms with Gasteiger partial charge in [0.15, 0.2) is 5.78 Å². The van der Waals surface area contributed by atoms with Gasteiger partial charge in [-0.2, -0.15) is 0 Å². The molecule has 2 aromatic carbocycles. The van der Waals surface area contributed by atoms with Crippen LogP contribution in [-0.4, -0.2) is 75.8 Å². The third kappa shape index (κ3) is 10.00. The normalized spacial score (nSPS) is 15.7. The first-order valence-corrected chi connectivity index (χ1v) is 21.1. The molecule has 0 spiro atoms. The lowest BCUT2D eigenvalue weighted by Gasteiger charge is -2.26. The number of hydrogen-bond donors (Lipinski definition) is 4. The molecule has 2 aliphatic rings. The summed E-state index contributed by atoms with van der Waals surface area (Å²) in [5, 5.41) is 26.2. The molecule has 0 radical (unpaired) electrons. The van der Waals surface area contributed by atoms with Crippen molar-refractivity contribution in [3.05, 3.63) is 111 Å². The minimum Gasteiger partial charge on any atom is -0.466 e. The maximum Gasteiger partial charge on any atom is 0.328 e. The van der Waals surface area contributed by atoms with Gasteiger partial charge in [0.1, 0.15) is 16.9 Å². The van der Waals surface area contributed by atoms with E-state index in [1.54, 1.807) is 40.1 Å². The van der Waals surface area contributed by atoms with Gasteiger partial charge in [-0.3, -0.25) is 29.7 Å². The van der Waals surface area contributed by atoms with Gasteiger partial charge >= 0.3 is 11.9 Å². The van der Waals surface area contributed by atoms with Crippen molar-refractivity contribution in [2.45, 2.75) is 110 Å². The second-order valence-electron chi connectivity index (χ2n) is 16.7. The molecule has 2 saturated carbocycles. The van der Waals surface area contributed by atoms with Crippen molar-refractivity contribution in [1.82, 2.24) is 15.3 Å². The molecule has 2 heterocycles. The lowest BCUT2D eigenvalue weighted by atomic mass is 9.84. The monoisotopic (exact) mass is 818 g/mol. The van der Waals surface area contributed by atoms with Crippen LogP contribution in [0.5, 0.6) is 0 Å². The van der Waals surface area contributed by atoms with E-state index >= 15 is 0 Å². The summed E-state index contributed by atoms with van der Waals surface area (Å²) in [6.07, 6.45) is 8.55. The average molecular weight is 819 g/mol. The van der Waals surface area contributed by atoms with E-state index in [0.717, 1.165) is 75.8 Å². The molecule has 318 valence electrons. The SMILES string of the molecule is CCOC(=O)[C@](C)(CO)CCc1cnc(C(=O)Nc2cccc(-c3cccc(CC(=O)c4cc(C5CC5)c(CN[C@](C)(CO)C(=O)OCC)cn4)c3C)c2C)cc1C1CC1. The van der Waals surface area contributed by atoms with E-state index in [0.29, 0.717) is 48.3 Å². The topological polar surface area (TPSA) is 177 Å². The van der Waals surface area contributed by atoms with Crippen LogP contribution in [0.25, 0.3) is 11.1 Å². The summed E-state index contributed by atoms with van der Waals surface area (Å²) in [5.41, 5.74) is 7.56. The lowest BCUT2D eigenvalue weighted by molar-refractivity contribution is -0.157. The summed E-state index contributed by atoms with van der Waals surface area (Å²) in [6, 6.07) is 15.4. The smallest absolute Gasteiger partial charge is 0.328 e. The number of nitrogens with one attached hydrogen (secondary N) is 2. The zero-order valence-electron chi connectivity index (χ0n) is 35.7. The first-order valence-electron chi connectivity index (χ1n) is 21.1. The molecule has 2 fully saturated rings. The highest BCUT2D eigenvalue weighted by atomic mass is 16.5. The number of carbonyl (C=O) groups excluding carboxylic acids is 4. The third-order valence-electron chi connectivity index (χ3n) is 12.0. The molecule has 0 unspecified atom stereocenters. The second-order valence-corrected chi connectivity index (χ2v) is 16.7. The Bertz CT molecular complexity index is 2090. The number of hydrogen-bond acceptors (Lipinski definition) is 11. The number of nitrogens with zero attached hydrogens (tertiary/aromatic N) is 2. The number of amides is 1. The van der Waals surface area contributed by atoms with Crippen molar-refractivity contribution >= 4 is 29.3 Å². The second kappa shape index (κ2) is 19.0. The van der Waals surface area contributed by atoms with Gasteiger partial charge < -0.3 is 25.0 Å². The average Bonchev–Trinajstić information content (AvgIpc) is 4.19. The molecular formula is C48H58N4O8. The van der Waals surface area contributed by atoms with Crippen molar-refractivity contribution in [2.24, 2.45) is 5.41 Å². The Morgan fingerprint density at radius 3 is 1.97 bits per heavy atom. The van der Waals surface area contributed by atoms with E-state index in [1.165, 1.54) is 0 Å². The van der Waals surface area contributed by atoms with Crippen LogP contribution in [0.3, 0.4) is 0 Å². The molecule has 6 rings (SSSR count). The largest absolute Gasteiger partial charge is 0.466 e. The molecule has 1 amide bonds. The van der Waals surface area contributed by atoms with Gasteiger partial charge in [-0.1, -0.05) is 30.3 Å². The van der Waals surface area contributed by atoms with Crippen molar-refractivity contribution in [3.8, 4) is 11.1 Å². The zero-order chi connectivity index (χ0) is 43.2. The third-order valence-corrected chi connectivity index (χ3v) is 12.0. The number of ketones is 1. The lowest BCUT2D eigenvalue weighted by Crippen LogP contribution is -2.53. The zero-order valence-corrected chi connectivity index (χ0v) is 35.7. The molecular weight excluding hydrogens is 761 g/mol. The quantitative estimate of drug-likeness (QED) is 0.0529. The Balaban J connectivity index is 1.16. The van der Waals surface area contributed by atoms with Gasteiger partial charge in [0.25, 0.3) is 5.91 Å². The van der Waals surface area contributed by atoms with Crippen LogP contribution in [0, 0.1) is 19.3 Å². The van der Waals surface area contributed by atoms with Crippen LogP contribution in [0.15, 0.2) is 60.9 Å². The van der Waals surface area contributed by atoms with Crippen molar-refractivity contribution < 1.29 is 38.9 Å². The molecule has 2 aliphatic carbocycles. The molecule has 12 nitrogen and oxygen atoms in total. The summed E-state index contributed by atoms with van der Waals surface area (Å²) < 4.78 is 10.4. The highest BCUT2D eigenvalue weighted by Gasteiger charge is 2.36. The number of anilines is 1. The fourth-order valence-corrected chi connectivity index (χ4v) is 7.59. The van der Waals surface area contributed by atoms with Crippen LogP contribution in [0.1, 0.15) is 132 Å². The summed E-state index contributed by atoms with van der Waals surface area (Å²) in [6.45, 7) is 10.8. The molecule has 2 aromatic heterocycles.